The summed E-state index contributed by atoms with van der Waals surface area (Å²) in [6.45, 7) is 7.24. The van der Waals surface area contributed by atoms with Gasteiger partial charge in [-0.1, -0.05) is 25.5 Å². The zero-order valence-corrected chi connectivity index (χ0v) is 20.4. The summed E-state index contributed by atoms with van der Waals surface area (Å²) in [5.74, 6) is 0.384. The predicted octanol–water partition coefficient (Wildman–Crippen LogP) is 1.97. The zero-order valence-electron chi connectivity index (χ0n) is 20.4. The van der Waals surface area contributed by atoms with Gasteiger partial charge in [-0.2, -0.15) is 9.37 Å². The third-order valence-electron chi connectivity index (χ3n) is 6.31. The number of rotatable bonds is 11. The summed E-state index contributed by atoms with van der Waals surface area (Å²) in [4.78, 5) is 10.8. The van der Waals surface area contributed by atoms with Gasteiger partial charge in [0.15, 0.2) is 11.3 Å². The lowest BCUT2D eigenvalue weighted by molar-refractivity contribution is 0.233. The molecule has 190 valence electrons. The molecule has 5 N–H and O–H groups in total. The van der Waals surface area contributed by atoms with Crippen molar-refractivity contribution in [1.82, 2.24) is 30.0 Å². The molecule has 11 heteroatoms. The number of hydrogen-bond acceptors (Lipinski definition) is 9. The first-order chi connectivity index (χ1) is 17.0. The first-order valence-corrected chi connectivity index (χ1v) is 12.2. The maximum Gasteiger partial charge on any atom is 0.259 e. The van der Waals surface area contributed by atoms with Crippen LogP contribution in [0.2, 0.25) is 0 Å². The lowest BCUT2D eigenvalue weighted by Gasteiger charge is -2.27. The first-order valence-electron chi connectivity index (χ1n) is 12.2. The van der Waals surface area contributed by atoms with Crippen LogP contribution in [-0.4, -0.2) is 75.7 Å². The molecule has 0 saturated carbocycles. The van der Waals surface area contributed by atoms with Gasteiger partial charge in [-0.3, -0.25) is 9.58 Å². The van der Waals surface area contributed by atoms with Gasteiger partial charge in [0.2, 0.25) is 5.95 Å². The van der Waals surface area contributed by atoms with Crippen LogP contribution in [0.4, 0.5) is 16.2 Å². The van der Waals surface area contributed by atoms with Gasteiger partial charge in [0, 0.05) is 50.9 Å². The molecule has 0 unspecified atom stereocenters. The van der Waals surface area contributed by atoms with Crippen molar-refractivity contribution in [2.45, 2.75) is 45.3 Å². The smallest absolute Gasteiger partial charge is 0.259 e. The molecule has 35 heavy (non-hydrogen) atoms. The average molecular weight is 487 g/mol. The number of benzene rings is 1. The Morgan fingerprint density at radius 1 is 1.23 bits per heavy atom. The van der Waals surface area contributed by atoms with Gasteiger partial charge in [0.25, 0.3) is 5.95 Å². The third-order valence-corrected chi connectivity index (χ3v) is 6.31. The Bertz CT molecular complexity index is 1130. The molecule has 1 saturated heterocycles. The number of methoxy groups -OCH3 is 1. The molecule has 1 aliphatic rings. The van der Waals surface area contributed by atoms with Crippen LogP contribution < -0.4 is 21.1 Å². The molecule has 0 radical (unpaired) electrons. The molecule has 1 aliphatic heterocycles. The molecule has 0 aliphatic carbocycles. The van der Waals surface area contributed by atoms with Crippen molar-refractivity contribution >= 4 is 22.8 Å². The van der Waals surface area contributed by atoms with E-state index in [9.17, 15) is 9.50 Å². The molecule has 0 bridgehead atoms. The Kier molecular flexibility index (Phi) is 8.32. The fourth-order valence-electron chi connectivity index (χ4n) is 4.57. The van der Waals surface area contributed by atoms with Crippen molar-refractivity contribution in [3.05, 3.63) is 35.3 Å². The number of aromatic nitrogens is 4. The molecule has 4 rings (SSSR count). The second kappa shape index (κ2) is 11.6. The molecule has 1 fully saturated rings. The number of aliphatic hydroxyl groups is 1. The Morgan fingerprint density at radius 2 is 2.03 bits per heavy atom. The molecule has 1 aromatic carbocycles. The summed E-state index contributed by atoms with van der Waals surface area (Å²) in [5.41, 5.74) is 8.40. The number of anilines is 2. The Hall–Kier alpha value is -3.02. The molecule has 0 spiro atoms. The van der Waals surface area contributed by atoms with Crippen molar-refractivity contribution in [1.29, 1.82) is 0 Å². The van der Waals surface area contributed by atoms with Gasteiger partial charge in [0.05, 0.1) is 13.7 Å². The van der Waals surface area contributed by atoms with Crippen LogP contribution in [0.1, 0.15) is 37.3 Å². The van der Waals surface area contributed by atoms with Gasteiger partial charge in [-0.05, 0) is 24.5 Å². The Labute approximate surface area is 204 Å². The standard InChI is InChI=1S/C24H35FN8O2/c1-3-4-18(7-12-34)28-23-21-20(29-24(26)30-23)22(25)31-33(21)15-17-6-5-16(13-19(17)35-2)14-32-10-8-27-9-11-32/h5-6,13,18,27,34H,3-4,7-12,14-15H2,1-2H3,(H3,26,28,29,30)/t18-/m0/s1. The van der Waals surface area contributed by atoms with Crippen LogP contribution in [0.25, 0.3) is 11.0 Å². The fraction of sp³-hybridized carbons (Fsp3) is 0.542. The molecular formula is C24H35FN8O2. The highest BCUT2D eigenvalue weighted by Crippen LogP contribution is 2.28. The zero-order chi connectivity index (χ0) is 24.8. The van der Waals surface area contributed by atoms with Gasteiger partial charge >= 0.3 is 0 Å². The van der Waals surface area contributed by atoms with E-state index in [1.165, 1.54) is 0 Å². The summed E-state index contributed by atoms with van der Waals surface area (Å²) in [7, 11) is 1.64. The van der Waals surface area contributed by atoms with Crippen molar-refractivity contribution in [3.63, 3.8) is 0 Å². The number of nitrogens with one attached hydrogen (secondary N) is 2. The lowest BCUT2D eigenvalue weighted by atomic mass is 10.1. The predicted molar refractivity (Wildman–Crippen MR) is 134 cm³/mol. The summed E-state index contributed by atoms with van der Waals surface area (Å²) < 4.78 is 22.1. The number of nitrogen functional groups attached to an aromatic ring is 1. The number of aliphatic hydroxyl groups excluding tert-OH is 1. The van der Waals surface area contributed by atoms with E-state index >= 15 is 0 Å². The molecule has 0 amide bonds. The second-order valence-corrected chi connectivity index (χ2v) is 8.89. The van der Waals surface area contributed by atoms with E-state index in [0.717, 1.165) is 62.4 Å². The van der Waals surface area contributed by atoms with Gasteiger partial charge in [0.1, 0.15) is 11.3 Å². The summed E-state index contributed by atoms with van der Waals surface area (Å²) >= 11 is 0. The number of fused-ring (bicyclic) bond motifs is 1. The topological polar surface area (TPSA) is 126 Å². The minimum Gasteiger partial charge on any atom is -0.496 e. The maximum atomic E-state index is 14.8. The Morgan fingerprint density at radius 3 is 2.74 bits per heavy atom. The van der Waals surface area contributed by atoms with Crippen molar-refractivity contribution in [3.8, 4) is 5.75 Å². The third kappa shape index (κ3) is 5.98. The minimum absolute atomic E-state index is 0.0342. The van der Waals surface area contributed by atoms with Gasteiger partial charge in [-0.15, -0.1) is 5.10 Å². The van der Waals surface area contributed by atoms with Crippen molar-refractivity contribution < 1.29 is 14.2 Å². The monoisotopic (exact) mass is 486 g/mol. The summed E-state index contributed by atoms with van der Waals surface area (Å²) in [6.07, 6.45) is 2.29. The molecular weight excluding hydrogens is 451 g/mol. The van der Waals surface area contributed by atoms with E-state index in [1.54, 1.807) is 11.8 Å². The second-order valence-electron chi connectivity index (χ2n) is 8.89. The van der Waals surface area contributed by atoms with Gasteiger partial charge < -0.3 is 26.2 Å². The maximum absolute atomic E-state index is 14.8. The summed E-state index contributed by atoms with van der Waals surface area (Å²) in [6, 6.07) is 6.07. The van der Waals surface area contributed by atoms with E-state index in [2.05, 4.69) is 43.6 Å². The number of nitrogens with two attached hydrogens (primary N) is 1. The van der Waals surface area contributed by atoms with Crippen LogP contribution in [-0.2, 0) is 13.1 Å². The largest absolute Gasteiger partial charge is 0.496 e. The molecule has 10 nitrogen and oxygen atoms in total. The number of nitrogens with zero attached hydrogens (tertiary/aromatic N) is 5. The van der Waals surface area contributed by atoms with E-state index in [4.69, 9.17) is 10.5 Å². The first kappa shape index (κ1) is 25.1. The van der Waals surface area contributed by atoms with E-state index in [0.29, 0.717) is 17.8 Å². The van der Waals surface area contributed by atoms with Crippen LogP contribution in [0.15, 0.2) is 18.2 Å². The van der Waals surface area contributed by atoms with Crippen LogP contribution in [0.3, 0.4) is 0 Å². The number of ether oxygens (including phenoxy) is 1. The number of piperazine rings is 1. The Balaban J connectivity index is 1.64. The van der Waals surface area contributed by atoms with Crippen molar-refractivity contribution in [2.75, 3.05) is 50.9 Å². The highest BCUT2D eigenvalue weighted by Gasteiger charge is 2.21. The van der Waals surface area contributed by atoms with Gasteiger partial charge in [-0.25, -0.2) is 4.98 Å². The highest BCUT2D eigenvalue weighted by atomic mass is 19.1. The van der Waals surface area contributed by atoms with Crippen molar-refractivity contribution in [2.24, 2.45) is 0 Å². The normalized spacial score (nSPS) is 15.4. The fourth-order valence-corrected chi connectivity index (χ4v) is 4.57. The SMILES string of the molecule is CCC[C@@H](CCO)Nc1nc(N)nc2c(F)nn(Cc3ccc(CN4CCNCC4)cc3OC)c12. The summed E-state index contributed by atoms with van der Waals surface area (Å²) in [5, 5.41) is 20.3. The number of hydrogen-bond donors (Lipinski definition) is 4. The quantitative estimate of drug-likeness (QED) is 0.322. The lowest BCUT2D eigenvalue weighted by Crippen LogP contribution is -2.42. The van der Waals surface area contributed by atoms with E-state index < -0.39 is 5.95 Å². The van der Waals surface area contributed by atoms with E-state index in [-0.39, 0.29) is 30.7 Å². The highest BCUT2D eigenvalue weighted by molar-refractivity contribution is 5.87. The minimum atomic E-state index is -0.708. The molecule has 2 aromatic heterocycles. The van der Waals surface area contributed by atoms with E-state index in [1.807, 2.05) is 12.1 Å². The molecule has 3 aromatic rings. The van der Waals surface area contributed by atoms with Crippen LogP contribution in [0, 0.1) is 5.95 Å². The average Bonchev–Trinajstić information content (AvgIpc) is 3.16. The number of halogens is 1. The molecule has 3 heterocycles. The van der Waals surface area contributed by atoms with Crippen LogP contribution in [0.5, 0.6) is 5.75 Å². The van der Waals surface area contributed by atoms with Crippen LogP contribution >= 0.6 is 0 Å². The molecule has 1 atom stereocenters.